The Morgan fingerprint density at radius 1 is 1.44 bits per heavy atom. The second-order valence-electron chi connectivity index (χ2n) is 4.58. The molecule has 1 atom stereocenters. The molecule has 1 saturated heterocycles. The zero-order valence-electron chi connectivity index (χ0n) is 9.98. The number of nitrogens with two attached hydrogens (primary N) is 1. The summed E-state index contributed by atoms with van der Waals surface area (Å²) in [5.41, 5.74) is 5.99. The highest BCUT2D eigenvalue weighted by Crippen LogP contribution is 2.21. The third-order valence-corrected chi connectivity index (χ3v) is 3.13. The number of likely N-dealkylation sites (tertiary alicyclic amines) is 1. The Morgan fingerprint density at radius 3 is 2.89 bits per heavy atom. The van der Waals surface area contributed by atoms with Gasteiger partial charge in [-0.3, -0.25) is 4.79 Å². The first-order valence-electron chi connectivity index (χ1n) is 6.01. The standard InChI is InChI=1S/C13H16F2N2O/c14-12(15)9-3-1-4-10(7-9)13(18)17-6-2-5-11(16)8-17/h1,3-4,7,11-12H,2,5-6,8,16H2/t11-/m0/s1. The minimum Gasteiger partial charge on any atom is -0.337 e. The van der Waals surface area contributed by atoms with Crippen LogP contribution in [-0.4, -0.2) is 29.9 Å². The molecule has 1 aliphatic heterocycles. The van der Waals surface area contributed by atoms with Gasteiger partial charge in [0.1, 0.15) is 0 Å². The largest absolute Gasteiger partial charge is 0.337 e. The predicted molar refractivity (Wildman–Crippen MR) is 64.5 cm³/mol. The van der Waals surface area contributed by atoms with Gasteiger partial charge in [0.15, 0.2) is 0 Å². The van der Waals surface area contributed by atoms with Crippen molar-refractivity contribution < 1.29 is 13.6 Å². The van der Waals surface area contributed by atoms with Crippen LogP contribution in [0.5, 0.6) is 0 Å². The smallest absolute Gasteiger partial charge is 0.263 e. The summed E-state index contributed by atoms with van der Waals surface area (Å²) in [5, 5.41) is 0. The molecular formula is C13H16F2N2O. The molecule has 0 aliphatic carbocycles. The first kappa shape index (κ1) is 13.0. The van der Waals surface area contributed by atoms with Crippen molar-refractivity contribution in [3.05, 3.63) is 35.4 Å². The molecule has 0 bridgehead atoms. The highest BCUT2D eigenvalue weighted by atomic mass is 19.3. The van der Waals surface area contributed by atoms with Crippen molar-refractivity contribution >= 4 is 5.91 Å². The van der Waals surface area contributed by atoms with Crippen LogP contribution in [0.4, 0.5) is 8.78 Å². The molecule has 2 rings (SSSR count). The number of alkyl halides is 2. The van der Waals surface area contributed by atoms with E-state index in [1.54, 1.807) is 11.0 Å². The normalized spacial score (nSPS) is 20.2. The maximum Gasteiger partial charge on any atom is 0.263 e. The van der Waals surface area contributed by atoms with Crippen LogP contribution in [-0.2, 0) is 0 Å². The van der Waals surface area contributed by atoms with Gasteiger partial charge < -0.3 is 10.6 Å². The average Bonchev–Trinajstić information content (AvgIpc) is 2.38. The molecule has 2 N–H and O–H groups in total. The molecule has 1 fully saturated rings. The first-order chi connectivity index (χ1) is 8.58. The predicted octanol–water partition coefficient (Wildman–Crippen LogP) is 2.19. The van der Waals surface area contributed by atoms with Crippen LogP contribution in [0.3, 0.4) is 0 Å². The SMILES string of the molecule is N[C@H]1CCCN(C(=O)c2cccc(C(F)F)c2)C1. The number of halogens is 2. The molecule has 3 nitrogen and oxygen atoms in total. The second-order valence-corrected chi connectivity index (χ2v) is 4.58. The van der Waals surface area contributed by atoms with Crippen LogP contribution < -0.4 is 5.73 Å². The van der Waals surface area contributed by atoms with Crippen molar-refractivity contribution in [1.29, 1.82) is 0 Å². The Hall–Kier alpha value is -1.49. The highest BCUT2D eigenvalue weighted by molar-refractivity contribution is 5.94. The number of benzene rings is 1. The van der Waals surface area contributed by atoms with E-state index in [-0.39, 0.29) is 17.5 Å². The molecule has 0 radical (unpaired) electrons. The second kappa shape index (κ2) is 5.44. The summed E-state index contributed by atoms with van der Waals surface area (Å²) in [7, 11) is 0. The quantitative estimate of drug-likeness (QED) is 0.879. The van der Waals surface area contributed by atoms with Gasteiger partial charge in [-0.2, -0.15) is 0 Å². The van der Waals surface area contributed by atoms with Crippen molar-refractivity contribution in [3.8, 4) is 0 Å². The number of nitrogens with zero attached hydrogens (tertiary/aromatic N) is 1. The maximum absolute atomic E-state index is 12.6. The number of piperidine rings is 1. The van der Waals surface area contributed by atoms with Gasteiger partial charge in [0.2, 0.25) is 0 Å². The lowest BCUT2D eigenvalue weighted by atomic mass is 10.0. The molecule has 0 spiro atoms. The van der Waals surface area contributed by atoms with Crippen molar-refractivity contribution in [2.24, 2.45) is 5.73 Å². The number of carbonyl (C=O) groups is 1. The van der Waals surface area contributed by atoms with Crippen molar-refractivity contribution in [3.63, 3.8) is 0 Å². The molecule has 1 amide bonds. The summed E-state index contributed by atoms with van der Waals surface area (Å²) in [6.07, 6.45) is -0.788. The van der Waals surface area contributed by atoms with E-state index in [2.05, 4.69) is 0 Å². The van der Waals surface area contributed by atoms with Gasteiger partial charge in [0.25, 0.3) is 12.3 Å². The Bertz CT molecular complexity index is 437. The zero-order valence-corrected chi connectivity index (χ0v) is 9.98. The summed E-state index contributed by atoms with van der Waals surface area (Å²) in [4.78, 5) is 13.8. The van der Waals surface area contributed by atoms with E-state index >= 15 is 0 Å². The Balaban J connectivity index is 2.15. The molecule has 5 heteroatoms. The van der Waals surface area contributed by atoms with Gasteiger partial charge in [0, 0.05) is 30.3 Å². The molecule has 1 aliphatic rings. The molecule has 0 unspecified atom stereocenters. The molecule has 1 aromatic carbocycles. The summed E-state index contributed by atoms with van der Waals surface area (Å²) in [5.74, 6) is -0.215. The molecular weight excluding hydrogens is 238 g/mol. The molecule has 1 heterocycles. The van der Waals surface area contributed by atoms with Crippen molar-refractivity contribution in [2.45, 2.75) is 25.3 Å². The fourth-order valence-corrected chi connectivity index (χ4v) is 2.18. The third kappa shape index (κ3) is 2.85. The van der Waals surface area contributed by atoms with E-state index < -0.39 is 6.43 Å². The van der Waals surface area contributed by atoms with Crippen LogP contribution in [0.1, 0.15) is 35.2 Å². The van der Waals surface area contributed by atoms with Crippen molar-refractivity contribution in [2.75, 3.05) is 13.1 Å². The summed E-state index contributed by atoms with van der Waals surface area (Å²) in [6, 6.07) is 5.62. The van der Waals surface area contributed by atoms with E-state index in [1.807, 2.05) is 0 Å². The van der Waals surface area contributed by atoms with Crippen LogP contribution >= 0.6 is 0 Å². The van der Waals surface area contributed by atoms with Crippen molar-refractivity contribution in [1.82, 2.24) is 4.90 Å². The van der Waals surface area contributed by atoms with Gasteiger partial charge >= 0.3 is 0 Å². The lowest BCUT2D eigenvalue weighted by molar-refractivity contribution is 0.0708. The summed E-state index contributed by atoms with van der Waals surface area (Å²) >= 11 is 0. The molecule has 0 saturated carbocycles. The van der Waals surface area contributed by atoms with E-state index in [9.17, 15) is 13.6 Å². The molecule has 0 aromatic heterocycles. The van der Waals surface area contributed by atoms with Gasteiger partial charge in [-0.05, 0) is 25.0 Å². The van der Waals surface area contributed by atoms with Crippen LogP contribution in [0.2, 0.25) is 0 Å². The van der Waals surface area contributed by atoms with E-state index in [4.69, 9.17) is 5.73 Å². The minimum atomic E-state index is -2.55. The fourth-order valence-electron chi connectivity index (χ4n) is 2.18. The first-order valence-corrected chi connectivity index (χ1v) is 6.01. The van der Waals surface area contributed by atoms with Crippen LogP contribution in [0.15, 0.2) is 24.3 Å². The van der Waals surface area contributed by atoms with Crippen LogP contribution in [0, 0.1) is 0 Å². The molecule has 98 valence electrons. The van der Waals surface area contributed by atoms with Gasteiger partial charge in [0.05, 0.1) is 0 Å². The van der Waals surface area contributed by atoms with Crippen LogP contribution in [0.25, 0.3) is 0 Å². The number of hydrogen-bond acceptors (Lipinski definition) is 2. The number of hydrogen-bond donors (Lipinski definition) is 1. The number of rotatable bonds is 2. The number of amides is 1. The Labute approximate surface area is 105 Å². The minimum absolute atomic E-state index is 0.0130. The Morgan fingerprint density at radius 2 is 2.22 bits per heavy atom. The zero-order chi connectivity index (χ0) is 13.1. The molecule has 1 aromatic rings. The van der Waals surface area contributed by atoms with Gasteiger partial charge in [-0.25, -0.2) is 8.78 Å². The molecule has 18 heavy (non-hydrogen) atoms. The van der Waals surface area contributed by atoms with Gasteiger partial charge in [-0.15, -0.1) is 0 Å². The van der Waals surface area contributed by atoms with E-state index in [1.165, 1.54) is 18.2 Å². The average molecular weight is 254 g/mol. The number of carbonyl (C=O) groups excluding carboxylic acids is 1. The third-order valence-electron chi connectivity index (χ3n) is 3.13. The summed E-state index contributed by atoms with van der Waals surface area (Å²) < 4.78 is 25.1. The van der Waals surface area contributed by atoms with E-state index in [0.717, 1.165) is 12.8 Å². The lowest BCUT2D eigenvalue weighted by Gasteiger charge is -2.30. The maximum atomic E-state index is 12.6. The highest BCUT2D eigenvalue weighted by Gasteiger charge is 2.22. The van der Waals surface area contributed by atoms with Gasteiger partial charge in [-0.1, -0.05) is 12.1 Å². The Kier molecular flexibility index (Phi) is 3.91. The monoisotopic (exact) mass is 254 g/mol. The van der Waals surface area contributed by atoms with E-state index in [0.29, 0.717) is 18.7 Å². The topological polar surface area (TPSA) is 46.3 Å². The fraction of sp³-hybridized carbons (Fsp3) is 0.462. The lowest BCUT2D eigenvalue weighted by Crippen LogP contribution is -2.45. The summed E-state index contributed by atoms with van der Waals surface area (Å²) in [6.45, 7) is 1.14.